The Labute approximate surface area is 208 Å². The van der Waals surface area contributed by atoms with Crippen molar-refractivity contribution in [3.05, 3.63) is 35.4 Å². The lowest BCUT2D eigenvalue weighted by molar-refractivity contribution is -0.153. The Hall–Kier alpha value is -4.33. The van der Waals surface area contributed by atoms with Gasteiger partial charge in [0, 0.05) is 19.2 Å². The van der Waals surface area contributed by atoms with E-state index in [0.29, 0.717) is 11.3 Å². The number of benzene rings is 1. The predicted molar refractivity (Wildman–Crippen MR) is 123 cm³/mol. The number of primary amides is 1. The fourth-order valence-corrected chi connectivity index (χ4v) is 5.85. The van der Waals surface area contributed by atoms with Crippen LogP contribution in [0.5, 0.6) is 0 Å². The van der Waals surface area contributed by atoms with Crippen LogP contribution in [0.3, 0.4) is 0 Å². The zero-order valence-electron chi connectivity index (χ0n) is 19.8. The standard InChI is InChI=1S/C23H22FN7O6/c1-9-8-30-16-11(7-23(18(30)10(2)36-9)20(33)26-22(35)27-21(23)34)5-13-17(15(16)24)37-29-19(13)31-4-3-12(28-31)6-14(25)32/h3-5,9-10,18H,6-8H2,1-2H3,(H2,25,32)(H2,26,27,33,34,35)/t9-,10+,18-/m1/s1. The molecule has 3 aromatic rings. The van der Waals surface area contributed by atoms with Crippen LogP contribution in [-0.4, -0.2) is 63.5 Å². The number of imide groups is 2. The average Bonchev–Trinajstić information content (AvgIpc) is 3.43. The number of amides is 5. The van der Waals surface area contributed by atoms with Crippen molar-refractivity contribution in [2.45, 2.75) is 44.9 Å². The van der Waals surface area contributed by atoms with E-state index in [-0.39, 0.29) is 48.0 Å². The zero-order valence-corrected chi connectivity index (χ0v) is 19.8. The van der Waals surface area contributed by atoms with Crippen LogP contribution in [0.15, 0.2) is 22.9 Å². The van der Waals surface area contributed by atoms with Gasteiger partial charge in [0.15, 0.2) is 11.2 Å². The van der Waals surface area contributed by atoms with Gasteiger partial charge in [-0.05, 0) is 31.5 Å². The molecular formula is C23H22FN7O6. The summed E-state index contributed by atoms with van der Waals surface area (Å²) in [5.41, 5.74) is 4.29. The molecule has 3 aliphatic rings. The fourth-order valence-electron chi connectivity index (χ4n) is 5.85. The predicted octanol–water partition coefficient (Wildman–Crippen LogP) is 0.0711. The molecule has 1 aromatic carbocycles. The van der Waals surface area contributed by atoms with Crippen molar-refractivity contribution in [2.75, 3.05) is 11.4 Å². The Kier molecular flexibility index (Phi) is 4.89. The number of carbonyl (C=O) groups excluding carboxylic acids is 4. The van der Waals surface area contributed by atoms with E-state index < -0.39 is 47.1 Å². The highest BCUT2D eigenvalue weighted by Gasteiger charge is 2.63. The summed E-state index contributed by atoms with van der Waals surface area (Å²) in [6.07, 6.45) is 0.268. The number of urea groups is 1. The maximum absolute atomic E-state index is 16.1. The highest BCUT2D eigenvalue weighted by Crippen LogP contribution is 2.49. The highest BCUT2D eigenvalue weighted by molar-refractivity contribution is 6.20. The van der Waals surface area contributed by atoms with Gasteiger partial charge in [0.05, 0.1) is 41.4 Å². The molecule has 3 aliphatic heterocycles. The third-order valence-electron chi connectivity index (χ3n) is 7.16. The number of hydrogen-bond acceptors (Lipinski definition) is 9. The molecule has 37 heavy (non-hydrogen) atoms. The van der Waals surface area contributed by atoms with Crippen molar-refractivity contribution < 1.29 is 32.8 Å². The van der Waals surface area contributed by atoms with Crippen molar-refractivity contribution in [3.63, 3.8) is 0 Å². The van der Waals surface area contributed by atoms with Crippen LogP contribution in [0.25, 0.3) is 16.8 Å². The van der Waals surface area contributed by atoms with Gasteiger partial charge >= 0.3 is 6.03 Å². The average molecular weight is 511 g/mol. The van der Waals surface area contributed by atoms with Crippen LogP contribution < -0.4 is 21.3 Å². The molecule has 2 fully saturated rings. The number of hydrogen-bond donors (Lipinski definition) is 3. The Balaban J connectivity index is 1.54. The number of ether oxygens (including phenoxy) is 1. The number of nitrogens with zero attached hydrogens (tertiary/aromatic N) is 4. The lowest BCUT2D eigenvalue weighted by Crippen LogP contribution is -2.75. The summed E-state index contributed by atoms with van der Waals surface area (Å²) < 4.78 is 28.8. The van der Waals surface area contributed by atoms with Gasteiger partial charge in [-0.1, -0.05) is 5.16 Å². The van der Waals surface area contributed by atoms with Gasteiger partial charge in [-0.3, -0.25) is 25.0 Å². The number of morpholine rings is 1. The quantitative estimate of drug-likeness (QED) is 0.411. The highest BCUT2D eigenvalue weighted by atomic mass is 19.1. The van der Waals surface area contributed by atoms with Crippen molar-refractivity contribution >= 4 is 40.4 Å². The zero-order chi connectivity index (χ0) is 26.2. The largest absolute Gasteiger partial charge is 0.372 e. The Bertz CT molecular complexity index is 1490. The number of halogens is 1. The lowest BCUT2D eigenvalue weighted by Gasteiger charge is -2.55. The second kappa shape index (κ2) is 7.83. The number of nitrogens with two attached hydrogens (primary N) is 1. The van der Waals surface area contributed by atoms with Crippen LogP contribution in [0, 0.1) is 11.2 Å². The van der Waals surface area contributed by atoms with E-state index in [4.69, 9.17) is 15.0 Å². The topological polar surface area (TPSA) is 175 Å². The molecule has 13 nitrogen and oxygen atoms in total. The molecule has 5 heterocycles. The number of anilines is 1. The molecule has 14 heteroatoms. The van der Waals surface area contributed by atoms with Crippen LogP contribution in [0.2, 0.25) is 0 Å². The first-order valence-electron chi connectivity index (χ1n) is 11.6. The summed E-state index contributed by atoms with van der Waals surface area (Å²) in [7, 11) is 0. The van der Waals surface area contributed by atoms with E-state index in [1.807, 2.05) is 6.92 Å². The third kappa shape index (κ3) is 3.25. The second-order valence-corrected chi connectivity index (χ2v) is 9.61. The summed E-state index contributed by atoms with van der Waals surface area (Å²) in [4.78, 5) is 51.4. The van der Waals surface area contributed by atoms with Gasteiger partial charge in [-0.25, -0.2) is 13.9 Å². The van der Waals surface area contributed by atoms with Crippen LogP contribution >= 0.6 is 0 Å². The summed E-state index contributed by atoms with van der Waals surface area (Å²) in [6, 6.07) is 1.38. The van der Waals surface area contributed by atoms with Crippen LogP contribution in [-0.2, 0) is 32.0 Å². The van der Waals surface area contributed by atoms with Crippen LogP contribution in [0.1, 0.15) is 25.1 Å². The van der Waals surface area contributed by atoms with E-state index in [2.05, 4.69) is 20.9 Å². The molecule has 0 aliphatic carbocycles. The van der Waals surface area contributed by atoms with E-state index in [1.165, 1.54) is 10.9 Å². The second-order valence-electron chi connectivity index (χ2n) is 9.61. The molecule has 6 rings (SSSR count). The number of barbiturate groups is 1. The first-order valence-corrected chi connectivity index (χ1v) is 11.6. The lowest BCUT2D eigenvalue weighted by atomic mass is 9.66. The van der Waals surface area contributed by atoms with Gasteiger partial charge in [-0.15, -0.1) is 0 Å². The Morgan fingerprint density at radius 3 is 2.70 bits per heavy atom. The molecule has 2 aromatic heterocycles. The SMILES string of the molecule is C[C@@H]1CN2c3c(cc4c(-n5ccc(CC(N)=O)n5)noc4c3F)CC3(C(=O)NC(=O)NC3=O)[C@H]2[C@H](C)O1. The minimum atomic E-state index is -1.75. The minimum Gasteiger partial charge on any atom is -0.372 e. The van der Waals surface area contributed by atoms with Gasteiger partial charge < -0.3 is 19.9 Å². The molecule has 4 N–H and O–H groups in total. The number of rotatable bonds is 3. The van der Waals surface area contributed by atoms with E-state index >= 15 is 4.39 Å². The molecule has 192 valence electrons. The van der Waals surface area contributed by atoms with Crippen molar-refractivity contribution in [2.24, 2.45) is 11.1 Å². The summed E-state index contributed by atoms with van der Waals surface area (Å²) in [5, 5.41) is 12.9. The molecule has 5 amide bonds. The fraction of sp³-hybridized carbons (Fsp3) is 0.391. The van der Waals surface area contributed by atoms with Gasteiger partial charge in [0.2, 0.25) is 29.1 Å². The first-order chi connectivity index (χ1) is 17.6. The van der Waals surface area contributed by atoms with Crippen molar-refractivity contribution in [1.29, 1.82) is 0 Å². The Morgan fingerprint density at radius 2 is 2.00 bits per heavy atom. The smallest absolute Gasteiger partial charge is 0.328 e. The van der Waals surface area contributed by atoms with Crippen molar-refractivity contribution in [1.82, 2.24) is 25.6 Å². The number of aromatic nitrogens is 3. The van der Waals surface area contributed by atoms with Gasteiger partial charge in [0.25, 0.3) is 0 Å². The van der Waals surface area contributed by atoms with Gasteiger partial charge in [0.1, 0.15) is 0 Å². The number of nitrogens with one attached hydrogen (secondary N) is 2. The molecule has 1 spiro atoms. The normalized spacial score (nSPS) is 24.6. The number of carbonyl (C=O) groups is 4. The molecular weight excluding hydrogens is 489 g/mol. The number of fused-ring (bicyclic) bond motifs is 5. The third-order valence-corrected chi connectivity index (χ3v) is 7.16. The molecule has 0 bridgehead atoms. The molecule has 0 unspecified atom stereocenters. The molecule has 3 atom stereocenters. The minimum absolute atomic E-state index is 0.0905. The molecule has 0 saturated carbocycles. The van der Waals surface area contributed by atoms with E-state index in [9.17, 15) is 19.2 Å². The Morgan fingerprint density at radius 1 is 1.27 bits per heavy atom. The summed E-state index contributed by atoms with van der Waals surface area (Å²) in [6.45, 7) is 3.71. The van der Waals surface area contributed by atoms with E-state index in [0.717, 1.165) is 0 Å². The monoisotopic (exact) mass is 511 g/mol. The summed E-state index contributed by atoms with van der Waals surface area (Å²) in [5.74, 6) is -2.67. The van der Waals surface area contributed by atoms with Gasteiger partial charge in [-0.2, -0.15) is 5.10 Å². The van der Waals surface area contributed by atoms with E-state index in [1.54, 1.807) is 24.0 Å². The maximum atomic E-state index is 16.1. The van der Waals surface area contributed by atoms with Crippen molar-refractivity contribution in [3.8, 4) is 5.82 Å². The first kappa shape index (κ1) is 23.1. The van der Waals surface area contributed by atoms with Crippen LogP contribution in [0.4, 0.5) is 14.9 Å². The molecule has 2 saturated heterocycles. The summed E-state index contributed by atoms with van der Waals surface area (Å²) >= 11 is 0. The maximum Gasteiger partial charge on any atom is 0.328 e. The molecule has 0 radical (unpaired) electrons.